The van der Waals surface area contributed by atoms with Crippen molar-refractivity contribution in [1.29, 1.82) is 0 Å². The van der Waals surface area contributed by atoms with Crippen LogP contribution in [0.15, 0.2) is 16.8 Å². The van der Waals surface area contributed by atoms with E-state index in [-0.39, 0.29) is 0 Å². The molecule has 0 saturated carbocycles. The van der Waals surface area contributed by atoms with Gasteiger partial charge in [-0.25, -0.2) is 0 Å². The first kappa shape index (κ1) is 7.28. The van der Waals surface area contributed by atoms with Crippen LogP contribution in [0.3, 0.4) is 0 Å². The van der Waals surface area contributed by atoms with Crippen LogP contribution in [0.1, 0.15) is 6.92 Å². The fourth-order valence-corrected chi connectivity index (χ4v) is 0.575. The summed E-state index contributed by atoms with van der Waals surface area (Å²) in [6, 6.07) is 0.370. The van der Waals surface area contributed by atoms with Gasteiger partial charge in [-0.15, -0.1) is 0 Å². The smallest absolute Gasteiger partial charge is 0.0965 e. The van der Waals surface area contributed by atoms with Gasteiger partial charge in [-0.3, -0.25) is 4.99 Å². The van der Waals surface area contributed by atoms with E-state index in [0.717, 1.165) is 18.8 Å². The van der Waals surface area contributed by atoms with Gasteiger partial charge in [-0.2, -0.15) is 0 Å². The zero-order chi connectivity index (χ0) is 7.40. The first-order valence-electron chi connectivity index (χ1n) is 3.32. The van der Waals surface area contributed by atoms with Crippen molar-refractivity contribution in [2.24, 2.45) is 10.7 Å². The van der Waals surface area contributed by atoms with Crippen molar-refractivity contribution in [2.45, 2.75) is 13.0 Å². The average molecular weight is 140 g/mol. The average Bonchev–Trinajstić information content (AvgIpc) is 1.84. The summed E-state index contributed by atoms with van der Waals surface area (Å²) < 4.78 is 4.94. The molecule has 10 heavy (non-hydrogen) atoms. The highest BCUT2D eigenvalue weighted by atomic mass is 16.5. The largest absolute Gasteiger partial charge is 0.404 e. The van der Waals surface area contributed by atoms with Gasteiger partial charge in [0.25, 0.3) is 0 Å². The lowest BCUT2D eigenvalue weighted by Gasteiger charge is -2.21. The molecule has 1 aliphatic heterocycles. The Hall–Kier alpha value is -0.830. The summed E-state index contributed by atoms with van der Waals surface area (Å²) in [5.41, 5.74) is 6.23. The highest BCUT2D eigenvalue weighted by Crippen LogP contribution is 2.04. The lowest BCUT2D eigenvalue weighted by Crippen LogP contribution is -2.31. The van der Waals surface area contributed by atoms with Gasteiger partial charge in [0.1, 0.15) is 0 Å². The summed E-state index contributed by atoms with van der Waals surface area (Å²) in [5.74, 6) is 0. The van der Waals surface area contributed by atoms with Gasteiger partial charge in [0.2, 0.25) is 0 Å². The zero-order valence-electron chi connectivity index (χ0n) is 6.08. The first-order chi connectivity index (χ1) is 4.83. The highest BCUT2D eigenvalue weighted by molar-refractivity contribution is 5.77. The van der Waals surface area contributed by atoms with Crippen LogP contribution in [0.4, 0.5) is 0 Å². The molecular weight excluding hydrogens is 128 g/mol. The Morgan fingerprint density at radius 2 is 2.40 bits per heavy atom. The van der Waals surface area contributed by atoms with E-state index in [4.69, 9.17) is 10.5 Å². The Bertz CT molecular complexity index is 159. The van der Waals surface area contributed by atoms with E-state index < -0.39 is 0 Å². The minimum atomic E-state index is 0.370. The Balaban J connectivity index is 2.27. The van der Waals surface area contributed by atoms with Crippen molar-refractivity contribution in [1.82, 2.24) is 0 Å². The fraction of sp³-hybridized carbons (Fsp3) is 0.571. The molecule has 56 valence electrons. The number of hydrogen-bond donors (Lipinski definition) is 1. The molecule has 1 fully saturated rings. The van der Waals surface area contributed by atoms with Gasteiger partial charge in [0.15, 0.2) is 0 Å². The van der Waals surface area contributed by atoms with Crippen LogP contribution in [-0.2, 0) is 4.74 Å². The second-order valence-corrected chi connectivity index (χ2v) is 2.38. The molecule has 0 spiro atoms. The molecule has 0 aliphatic carbocycles. The van der Waals surface area contributed by atoms with E-state index in [2.05, 4.69) is 4.99 Å². The molecule has 0 unspecified atom stereocenters. The monoisotopic (exact) mass is 140 g/mol. The Labute approximate surface area is 60.6 Å². The van der Waals surface area contributed by atoms with Gasteiger partial charge < -0.3 is 10.5 Å². The molecule has 1 saturated heterocycles. The van der Waals surface area contributed by atoms with Crippen molar-refractivity contribution in [3.8, 4) is 0 Å². The van der Waals surface area contributed by atoms with Gasteiger partial charge >= 0.3 is 0 Å². The van der Waals surface area contributed by atoms with E-state index >= 15 is 0 Å². The lowest BCUT2D eigenvalue weighted by atomic mass is 10.3. The van der Waals surface area contributed by atoms with Crippen molar-refractivity contribution < 1.29 is 4.74 Å². The molecule has 1 heterocycles. The molecule has 0 radical (unpaired) electrons. The topological polar surface area (TPSA) is 47.6 Å². The summed E-state index contributed by atoms with van der Waals surface area (Å²) in [7, 11) is 0. The van der Waals surface area contributed by atoms with Gasteiger partial charge in [-0.1, -0.05) is 0 Å². The van der Waals surface area contributed by atoms with Crippen molar-refractivity contribution in [3.05, 3.63) is 11.8 Å². The second-order valence-electron chi connectivity index (χ2n) is 2.38. The molecule has 0 atom stereocenters. The van der Waals surface area contributed by atoms with Crippen LogP contribution in [-0.4, -0.2) is 25.5 Å². The molecule has 0 amide bonds. The second kappa shape index (κ2) is 3.37. The Kier molecular flexibility index (Phi) is 2.45. The van der Waals surface area contributed by atoms with E-state index in [1.54, 1.807) is 12.4 Å². The van der Waals surface area contributed by atoms with Crippen LogP contribution < -0.4 is 5.73 Å². The van der Waals surface area contributed by atoms with Gasteiger partial charge in [0, 0.05) is 6.21 Å². The summed E-state index contributed by atoms with van der Waals surface area (Å²) in [6.07, 6.45) is 3.33. The van der Waals surface area contributed by atoms with Crippen LogP contribution in [0, 0.1) is 0 Å². The maximum absolute atomic E-state index is 5.23. The molecule has 0 bridgehead atoms. The van der Waals surface area contributed by atoms with Crippen molar-refractivity contribution >= 4 is 6.21 Å². The quantitative estimate of drug-likeness (QED) is 0.561. The lowest BCUT2D eigenvalue weighted by molar-refractivity contribution is 0.0135. The highest BCUT2D eigenvalue weighted by Gasteiger charge is 2.15. The van der Waals surface area contributed by atoms with E-state index in [9.17, 15) is 0 Å². The molecule has 1 rings (SSSR count). The van der Waals surface area contributed by atoms with Crippen LogP contribution in [0.25, 0.3) is 0 Å². The third kappa shape index (κ3) is 1.84. The number of rotatable bonds is 2. The third-order valence-corrected chi connectivity index (χ3v) is 1.37. The van der Waals surface area contributed by atoms with Crippen LogP contribution in [0.2, 0.25) is 0 Å². The van der Waals surface area contributed by atoms with Gasteiger partial charge in [0.05, 0.1) is 19.3 Å². The van der Waals surface area contributed by atoms with Crippen LogP contribution in [0.5, 0.6) is 0 Å². The maximum atomic E-state index is 5.23. The van der Waals surface area contributed by atoms with E-state index in [1.807, 2.05) is 6.92 Å². The maximum Gasteiger partial charge on any atom is 0.0965 e. The summed E-state index contributed by atoms with van der Waals surface area (Å²) in [4.78, 5) is 4.20. The number of nitrogens with zero attached hydrogens (tertiary/aromatic N) is 1. The summed E-state index contributed by atoms with van der Waals surface area (Å²) in [5, 5.41) is 0. The van der Waals surface area contributed by atoms with Crippen molar-refractivity contribution in [3.63, 3.8) is 0 Å². The summed E-state index contributed by atoms with van der Waals surface area (Å²) in [6.45, 7) is 3.44. The third-order valence-electron chi connectivity index (χ3n) is 1.37. The molecule has 2 N–H and O–H groups in total. The Morgan fingerprint density at radius 3 is 2.80 bits per heavy atom. The van der Waals surface area contributed by atoms with Crippen molar-refractivity contribution in [2.75, 3.05) is 13.2 Å². The molecule has 1 aliphatic rings. The molecule has 3 heteroatoms. The first-order valence-corrected chi connectivity index (χ1v) is 3.32. The molecule has 0 aromatic carbocycles. The van der Waals surface area contributed by atoms with Gasteiger partial charge in [-0.05, 0) is 18.7 Å². The normalized spacial score (nSPS) is 21.5. The van der Waals surface area contributed by atoms with Crippen LogP contribution >= 0.6 is 0 Å². The zero-order valence-corrected chi connectivity index (χ0v) is 6.08. The fourth-order valence-electron chi connectivity index (χ4n) is 0.575. The molecule has 3 nitrogen and oxygen atoms in total. The number of aliphatic imine (C=N–C) groups is 1. The Morgan fingerprint density at radius 1 is 1.70 bits per heavy atom. The predicted octanol–water partition coefficient (Wildman–Crippen LogP) is 0.319. The summed E-state index contributed by atoms with van der Waals surface area (Å²) >= 11 is 0. The number of allylic oxidation sites excluding steroid dienone is 1. The minimum Gasteiger partial charge on any atom is -0.404 e. The number of ether oxygens (including phenoxy) is 1. The molecular formula is C7H12N2O. The number of hydrogen-bond acceptors (Lipinski definition) is 3. The standard InChI is InChI=1S/C7H12N2O/c1-6(2-8)3-9-7-4-10-5-7/h2-3,7H,4-5,8H2,1H3. The molecule has 0 aromatic heterocycles. The minimum absolute atomic E-state index is 0.370. The predicted molar refractivity (Wildman–Crippen MR) is 41.0 cm³/mol. The number of nitrogens with two attached hydrogens (primary N) is 1. The van der Waals surface area contributed by atoms with E-state index in [1.165, 1.54) is 0 Å². The molecule has 0 aromatic rings. The SMILES string of the molecule is CC(C=NC1COC1)=CN. The van der Waals surface area contributed by atoms with E-state index in [0.29, 0.717) is 6.04 Å².